The molecule has 0 aliphatic carbocycles. The molecule has 0 fully saturated rings. The van der Waals surface area contributed by atoms with E-state index in [-0.39, 0.29) is 11.9 Å². The molecule has 0 spiro atoms. The number of thioether (sulfide) groups is 1. The summed E-state index contributed by atoms with van der Waals surface area (Å²) in [7, 11) is 1.59. The fraction of sp³-hybridized carbons (Fsp3) is 0.333. The Labute approximate surface area is 144 Å². The topological polar surface area (TPSA) is 115 Å². The van der Waals surface area contributed by atoms with Crippen molar-refractivity contribution in [3.63, 3.8) is 0 Å². The molecule has 4 N–H and O–H groups in total. The number of hydrogen-bond donors (Lipinski definition) is 3. The van der Waals surface area contributed by atoms with Gasteiger partial charge in [0.1, 0.15) is 5.82 Å². The van der Waals surface area contributed by atoms with Gasteiger partial charge in [0.05, 0.1) is 18.1 Å². The number of aromatic nitrogens is 3. The second-order valence-electron chi connectivity index (χ2n) is 4.76. The highest BCUT2D eigenvalue weighted by Crippen LogP contribution is 2.15. The van der Waals surface area contributed by atoms with E-state index in [1.54, 1.807) is 7.11 Å². The van der Waals surface area contributed by atoms with Crippen molar-refractivity contribution in [1.82, 2.24) is 20.3 Å². The number of rotatable bonds is 9. The number of amides is 1. The van der Waals surface area contributed by atoms with Crippen LogP contribution in [0.15, 0.2) is 30.3 Å². The van der Waals surface area contributed by atoms with Gasteiger partial charge in [0, 0.05) is 19.3 Å². The van der Waals surface area contributed by atoms with Gasteiger partial charge in [-0.3, -0.25) is 4.79 Å². The average molecular weight is 348 g/mol. The third-order valence-corrected chi connectivity index (χ3v) is 3.75. The van der Waals surface area contributed by atoms with Crippen molar-refractivity contribution in [2.45, 2.75) is 5.75 Å². The lowest BCUT2D eigenvalue weighted by Crippen LogP contribution is -2.28. The third-order valence-electron chi connectivity index (χ3n) is 2.82. The summed E-state index contributed by atoms with van der Waals surface area (Å²) in [6.07, 6.45) is 0. The van der Waals surface area contributed by atoms with E-state index in [4.69, 9.17) is 10.5 Å². The SMILES string of the molecule is COCCNC(=O)CSCc1nc(N)nc(Nc2ccccc2)n1. The van der Waals surface area contributed by atoms with Crippen LogP contribution in [0.3, 0.4) is 0 Å². The predicted octanol–water partition coefficient (Wildman–Crippen LogP) is 1.19. The molecule has 9 heteroatoms. The molecule has 0 saturated heterocycles. The van der Waals surface area contributed by atoms with Gasteiger partial charge in [-0.15, -0.1) is 11.8 Å². The first-order valence-corrected chi connectivity index (χ1v) is 8.48. The van der Waals surface area contributed by atoms with E-state index in [0.29, 0.717) is 36.4 Å². The molecule has 0 unspecified atom stereocenters. The Kier molecular flexibility index (Phi) is 7.24. The number of nitrogens with one attached hydrogen (secondary N) is 2. The van der Waals surface area contributed by atoms with Crippen LogP contribution in [-0.2, 0) is 15.3 Å². The first kappa shape index (κ1) is 18.0. The number of benzene rings is 1. The van der Waals surface area contributed by atoms with Crippen molar-refractivity contribution in [3.8, 4) is 0 Å². The zero-order chi connectivity index (χ0) is 17.2. The van der Waals surface area contributed by atoms with E-state index in [1.165, 1.54) is 11.8 Å². The van der Waals surface area contributed by atoms with Crippen LogP contribution in [0.4, 0.5) is 17.6 Å². The van der Waals surface area contributed by atoms with Crippen LogP contribution in [0.5, 0.6) is 0 Å². The maximum Gasteiger partial charge on any atom is 0.232 e. The molecule has 2 rings (SSSR count). The fourth-order valence-corrected chi connectivity index (χ4v) is 2.49. The second kappa shape index (κ2) is 9.68. The molecule has 0 atom stereocenters. The molecule has 2 aromatic rings. The molecule has 8 nitrogen and oxygen atoms in total. The highest BCUT2D eigenvalue weighted by atomic mass is 32.2. The van der Waals surface area contributed by atoms with E-state index in [1.807, 2.05) is 30.3 Å². The van der Waals surface area contributed by atoms with Crippen molar-refractivity contribution in [2.75, 3.05) is 37.1 Å². The van der Waals surface area contributed by atoms with E-state index in [0.717, 1.165) is 5.69 Å². The van der Waals surface area contributed by atoms with Gasteiger partial charge in [0.2, 0.25) is 17.8 Å². The number of para-hydroxylation sites is 1. The second-order valence-corrected chi connectivity index (χ2v) is 5.75. The summed E-state index contributed by atoms with van der Waals surface area (Å²) < 4.78 is 4.87. The number of carbonyl (C=O) groups excluding carboxylic acids is 1. The lowest BCUT2D eigenvalue weighted by atomic mass is 10.3. The zero-order valence-corrected chi connectivity index (χ0v) is 14.2. The Morgan fingerprint density at radius 1 is 1.25 bits per heavy atom. The van der Waals surface area contributed by atoms with E-state index >= 15 is 0 Å². The van der Waals surface area contributed by atoms with E-state index < -0.39 is 0 Å². The minimum atomic E-state index is -0.0540. The van der Waals surface area contributed by atoms with E-state index in [2.05, 4.69) is 25.6 Å². The van der Waals surface area contributed by atoms with Crippen molar-refractivity contribution in [3.05, 3.63) is 36.2 Å². The molecular formula is C15H20N6O2S. The highest BCUT2D eigenvalue weighted by Gasteiger charge is 2.07. The monoisotopic (exact) mass is 348 g/mol. The smallest absolute Gasteiger partial charge is 0.232 e. The first-order chi connectivity index (χ1) is 11.7. The van der Waals surface area contributed by atoms with Crippen molar-refractivity contribution in [2.24, 2.45) is 0 Å². The normalized spacial score (nSPS) is 10.4. The van der Waals surface area contributed by atoms with Crippen molar-refractivity contribution in [1.29, 1.82) is 0 Å². The Bertz CT molecular complexity index is 656. The molecule has 0 aliphatic rings. The summed E-state index contributed by atoms with van der Waals surface area (Å²) in [4.78, 5) is 24.1. The quantitative estimate of drug-likeness (QED) is 0.579. The largest absolute Gasteiger partial charge is 0.383 e. The maximum atomic E-state index is 11.6. The number of carbonyl (C=O) groups is 1. The number of ether oxygens (including phenoxy) is 1. The number of nitrogens with zero attached hydrogens (tertiary/aromatic N) is 3. The number of nitrogens with two attached hydrogens (primary N) is 1. The molecule has 1 amide bonds. The summed E-state index contributed by atoms with van der Waals surface area (Å²) in [6.45, 7) is 0.995. The Hall–Kier alpha value is -2.39. The molecule has 0 bridgehead atoms. The molecule has 24 heavy (non-hydrogen) atoms. The summed E-state index contributed by atoms with van der Waals surface area (Å²) in [5.41, 5.74) is 6.58. The van der Waals surface area contributed by atoms with Crippen LogP contribution in [0.25, 0.3) is 0 Å². The Balaban J connectivity index is 1.86. The number of methoxy groups -OCH3 is 1. The molecule has 0 saturated carbocycles. The average Bonchev–Trinajstić information content (AvgIpc) is 2.55. The van der Waals surface area contributed by atoms with Gasteiger partial charge < -0.3 is 21.1 Å². The van der Waals surface area contributed by atoms with Crippen molar-refractivity contribution >= 4 is 35.3 Å². The first-order valence-electron chi connectivity index (χ1n) is 7.33. The summed E-state index contributed by atoms with van der Waals surface area (Å²) >= 11 is 1.41. The number of anilines is 3. The van der Waals surface area contributed by atoms with Gasteiger partial charge in [-0.2, -0.15) is 15.0 Å². The lowest BCUT2D eigenvalue weighted by molar-refractivity contribution is -0.118. The molecule has 1 heterocycles. The Morgan fingerprint density at radius 3 is 2.79 bits per heavy atom. The number of nitrogen functional groups attached to an aromatic ring is 1. The van der Waals surface area contributed by atoms with Gasteiger partial charge >= 0.3 is 0 Å². The summed E-state index contributed by atoms with van der Waals surface area (Å²) in [6, 6.07) is 9.54. The van der Waals surface area contributed by atoms with Crippen LogP contribution < -0.4 is 16.4 Å². The van der Waals surface area contributed by atoms with Crippen LogP contribution >= 0.6 is 11.8 Å². The molecule has 0 radical (unpaired) electrons. The van der Waals surface area contributed by atoms with Gasteiger partial charge in [0.25, 0.3) is 0 Å². The maximum absolute atomic E-state index is 11.6. The van der Waals surface area contributed by atoms with Gasteiger partial charge in [-0.25, -0.2) is 0 Å². The highest BCUT2D eigenvalue weighted by molar-refractivity contribution is 7.99. The van der Waals surface area contributed by atoms with Gasteiger partial charge in [-0.1, -0.05) is 18.2 Å². The van der Waals surface area contributed by atoms with Gasteiger partial charge in [-0.05, 0) is 12.1 Å². The minimum Gasteiger partial charge on any atom is -0.383 e. The van der Waals surface area contributed by atoms with Crippen LogP contribution in [0, 0.1) is 0 Å². The fourth-order valence-electron chi connectivity index (χ4n) is 1.79. The molecule has 128 valence electrons. The summed E-state index contributed by atoms with van der Waals surface area (Å²) in [5, 5.41) is 5.82. The lowest BCUT2D eigenvalue weighted by Gasteiger charge is -2.07. The summed E-state index contributed by atoms with van der Waals surface area (Å²) in [5.74, 6) is 1.78. The van der Waals surface area contributed by atoms with Crippen LogP contribution in [0.2, 0.25) is 0 Å². The zero-order valence-electron chi connectivity index (χ0n) is 13.4. The Morgan fingerprint density at radius 2 is 2.04 bits per heavy atom. The standard InChI is InChI=1S/C15H20N6O2S/c1-23-8-7-17-13(22)10-24-9-12-19-14(16)21-15(20-12)18-11-5-3-2-4-6-11/h2-6H,7-10H2,1H3,(H,17,22)(H3,16,18,19,20,21). The predicted molar refractivity (Wildman–Crippen MR) is 95.0 cm³/mol. The van der Waals surface area contributed by atoms with Crippen molar-refractivity contribution < 1.29 is 9.53 Å². The molecule has 1 aromatic carbocycles. The van der Waals surface area contributed by atoms with Crippen LogP contribution in [0.1, 0.15) is 5.82 Å². The molecular weight excluding hydrogens is 328 g/mol. The van der Waals surface area contributed by atoms with Gasteiger partial charge in [0.15, 0.2) is 0 Å². The molecule has 0 aliphatic heterocycles. The van der Waals surface area contributed by atoms with E-state index in [9.17, 15) is 4.79 Å². The third kappa shape index (κ3) is 6.39. The molecule has 1 aromatic heterocycles. The number of hydrogen-bond acceptors (Lipinski definition) is 8. The van der Waals surface area contributed by atoms with Crippen LogP contribution in [-0.4, -0.2) is 46.9 Å². The minimum absolute atomic E-state index is 0.0540.